The van der Waals surface area contributed by atoms with Crippen molar-refractivity contribution >= 4 is 27.5 Å². The van der Waals surface area contributed by atoms with Crippen LogP contribution in [0.1, 0.15) is 18.2 Å². The maximum Gasteiger partial charge on any atom is 0.136 e. The fourth-order valence-corrected chi connectivity index (χ4v) is 2.50. The summed E-state index contributed by atoms with van der Waals surface area (Å²) < 4.78 is 2.80. The van der Waals surface area contributed by atoms with Crippen LogP contribution in [0.5, 0.6) is 0 Å². The predicted molar refractivity (Wildman–Crippen MR) is 70.4 cm³/mol. The van der Waals surface area contributed by atoms with Gasteiger partial charge in [-0.1, -0.05) is 40.5 Å². The lowest BCUT2D eigenvalue weighted by Gasteiger charge is -2.03. The third-order valence-electron chi connectivity index (χ3n) is 2.53. The Hall–Kier alpha value is -0.800. The molecule has 2 aromatic rings. The number of aryl methyl sites for hydroxylation is 1. The van der Waals surface area contributed by atoms with Gasteiger partial charge in [0.05, 0.1) is 11.4 Å². The quantitative estimate of drug-likeness (QED) is 0.814. The minimum Gasteiger partial charge on any atom is -0.222 e. The third-order valence-corrected chi connectivity index (χ3v) is 3.41. The highest BCUT2D eigenvalue weighted by molar-refractivity contribution is 9.10. The Labute approximate surface area is 108 Å². The Morgan fingerprint density at radius 3 is 2.75 bits per heavy atom. The number of benzene rings is 1. The van der Waals surface area contributed by atoms with Crippen LogP contribution in [0.2, 0.25) is 5.15 Å². The molecule has 1 heterocycles. The van der Waals surface area contributed by atoms with Gasteiger partial charge in [-0.25, -0.2) is 4.68 Å². The van der Waals surface area contributed by atoms with E-state index >= 15 is 0 Å². The topological polar surface area (TPSA) is 17.8 Å². The van der Waals surface area contributed by atoms with Crippen LogP contribution in [0, 0.1) is 6.92 Å². The first-order valence-electron chi connectivity index (χ1n) is 5.13. The van der Waals surface area contributed by atoms with Crippen LogP contribution in [-0.2, 0) is 6.42 Å². The van der Waals surface area contributed by atoms with E-state index in [0.29, 0.717) is 5.15 Å². The minimum atomic E-state index is 0.707. The summed E-state index contributed by atoms with van der Waals surface area (Å²) in [5.74, 6) is 0. The lowest BCUT2D eigenvalue weighted by atomic mass is 10.2. The molecular formula is C12H12BrClN2. The van der Waals surface area contributed by atoms with Crippen LogP contribution in [0.25, 0.3) is 5.69 Å². The second-order valence-electron chi connectivity index (χ2n) is 3.60. The molecule has 0 radical (unpaired) electrons. The van der Waals surface area contributed by atoms with Gasteiger partial charge >= 0.3 is 0 Å². The zero-order valence-corrected chi connectivity index (χ0v) is 11.5. The molecule has 1 aromatic carbocycles. The standard InChI is InChI=1S/C12H12BrClN2/c1-3-11-8(2)15-16(12(11)14)10-6-4-5-9(13)7-10/h4-7H,3H2,1-2H3. The van der Waals surface area contributed by atoms with Gasteiger partial charge in [-0.15, -0.1) is 0 Å². The average molecular weight is 300 g/mol. The van der Waals surface area contributed by atoms with E-state index in [9.17, 15) is 0 Å². The molecule has 2 nitrogen and oxygen atoms in total. The van der Waals surface area contributed by atoms with E-state index < -0.39 is 0 Å². The lowest BCUT2D eigenvalue weighted by molar-refractivity contribution is 0.863. The van der Waals surface area contributed by atoms with Gasteiger partial charge < -0.3 is 0 Å². The third kappa shape index (κ3) is 2.02. The van der Waals surface area contributed by atoms with Crippen molar-refractivity contribution in [3.05, 3.63) is 45.1 Å². The van der Waals surface area contributed by atoms with E-state index in [1.165, 1.54) is 0 Å². The second-order valence-corrected chi connectivity index (χ2v) is 4.87. The molecule has 0 aliphatic heterocycles. The number of nitrogens with zero attached hydrogens (tertiary/aromatic N) is 2. The second kappa shape index (κ2) is 4.60. The summed E-state index contributed by atoms with van der Waals surface area (Å²) in [6, 6.07) is 7.94. The Kier molecular flexibility index (Phi) is 3.36. The fourth-order valence-electron chi connectivity index (χ4n) is 1.71. The molecule has 0 spiro atoms. The Bertz CT molecular complexity index is 520. The monoisotopic (exact) mass is 298 g/mol. The van der Waals surface area contributed by atoms with Crippen molar-refractivity contribution in [3.63, 3.8) is 0 Å². The molecule has 0 saturated carbocycles. The molecule has 0 N–H and O–H groups in total. The maximum atomic E-state index is 6.30. The van der Waals surface area contributed by atoms with Crippen molar-refractivity contribution < 1.29 is 0 Å². The largest absolute Gasteiger partial charge is 0.222 e. The van der Waals surface area contributed by atoms with E-state index in [0.717, 1.165) is 27.8 Å². The molecule has 2 rings (SSSR count). The zero-order valence-electron chi connectivity index (χ0n) is 9.17. The molecule has 16 heavy (non-hydrogen) atoms. The van der Waals surface area contributed by atoms with Gasteiger partial charge in [0, 0.05) is 10.0 Å². The van der Waals surface area contributed by atoms with E-state index in [2.05, 4.69) is 28.0 Å². The van der Waals surface area contributed by atoms with Gasteiger partial charge in [-0.3, -0.25) is 0 Å². The van der Waals surface area contributed by atoms with Crippen LogP contribution in [0.15, 0.2) is 28.7 Å². The SMILES string of the molecule is CCc1c(C)nn(-c2cccc(Br)c2)c1Cl. The number of rotatable bonds is 2. The number of hydrogen-bond acceptors (Lipinski definition) is 1. The van der Waals surface area contributed by atoms with Crippen molar-refractivity contribution in [2.45, 2.75) is 20.3 Å². The number of hydrogen-bond donors (Lipinski definition) is 0. The van der Waals surface area contributed by atoms with Crippen molar-refractivity contribution in [1.82, 2.24) is 9.78 Å². The molecule has 0 bridgehead atoms. The number of aromatic nitrogens is 2. The van der Waals surface area contributed by atoms with E-state index in [4.69, 9.17) is 11.6 Å². The van der Waals surface area contributed by atoms with Gasteiger partial charge in [0.25, 0.3) is 0 Å². The normalized spacial score (nSPS) is 10.8. The van der Waals surface area contributed by atoms with E-state index in [1.807, 2.05) is 31.2 Å². The molecule has 0 atom stereocenters. The molecule has 0 unspecified atom stereocenters. The summed E-state index contributed by atoms with van der Waals surface area (Å²) in [5.41, 5.74) is 3.08. The first kappa shape index (κ1) is 11.7. The van der Waals surface area contributed by atoms with Crippen LogP contribution in [0.4, 0.5) is 0 Å². The molecule has 84 valence electrons. The summed E-state index contributed by atoms with van der Waals surface area (Å²) in [6.07, 6.45) is 0.901. The van der Waals surface area contributed by atoms with Crippen molar-refractivity contribution in [2.75, 3.05) is 0 Å². The van der Waals surface area contributed by atoms with E-state index in [1.54, 1.807) is 4.68 Å². The first-order valence-corrected chi connectivity index (χ1v) is 6.30. The smallest absolute Gasteiger partial charge is 0.136 e. The van der Waals surface area contributed by atoms with Gasteiger partial charge in [0.1, 0.15) is 5.15 Å². The summed E-state index contributed by atoms with van der Waals surface area (Å²) >= 11 is 9.74. The summed E-state index contributed by atoms with van der Waals surface area (Å²) in [6.45, 7) is 4.07. The van der Waals surface area contributed by atoms with Gasteiger partial charge in [-0.05, 0) is 31.5 Å². The Morgan fingerprint density at radius 2 is 2.19 bits per heavy atom. The van der Waals surface area contributed by atoms with Gasteiger partial charge in [0.2, 0.25) is 0 Å². The molecule has 1 aromatic heterocycles. The molecule has 0 saturated heterocycles. The molecule has 0 fully saturated rings. The highest BCUT2D eigenvalue weighted by atomic mass is 79.9. The van der Waals surface area contributed by atoms with Crippen molar-refractivity contribution in [1.29, 1.82) is 0 Å². The highest BCUT2D eigenvalue weighted by Gasteiger charge is 2.12. The average Bonchev–Trinajstić information content (AvgIpc) is 2.54. The molecule has 0 amide bonds. The first-order chi connectivity index (χ1) is 7.63. The fraction of sp³-hybridized carbons (Fsp3) is 0.250. The Balaban J connectivity index is 2.56. The maximum absolute atomic E-state index is 6.30. The lowest BCUT2D eigenvalue weighted by Crippen LogP contribution is -1.96. The summed E-state index contributed by atoms with van der Waals surface area (Å²) in [4.78, 5) is 0. The molecular weight excluding hydrogens is 288 g/mol. The Morgan fingerprint density at radius 1 is 1.44 bits per heavy atom. The minimum absolute atomic E-state index is 0.707. The summed E-state index contributed by atoms with van der Waals surface area (Å²) in [5, 5.41) is 5.16. The molecule has 0 aliphatic rings. The predicted octanol–water partition coefficient (Wildman–Crippen LogP) is 4.16. The van der Waals surface area contributed by atoms with Gasteiger partial charge in [0.15, 0.2) is 0 Å². The van der Waals surface area contributed by atoms with Crippen LogP contribution in [0.3, 0.4) is 0 Å². The van der Waals surface area contributed by atoms with Crippen LogP contribution >= 0.6 is 27.5 Å². The van der Waals surface area contributed by atoms with Crippen LogP contribution in [-0.4, -0.2) is 9.78 Å². The van der Waals surface area contributed by atoms with E-state index in [-0.39, 0.29) is 0 Å². The zero-order chi connectivity index (χ0) is 11.7. The molecule has 0 aliphatic carbocycles. The number of halogens is 2. The van der Waals surface area contributed by atoms with Crippen molar-refractivity contribution in [3.8, 4) is 5.69 Å². The highest BCUT2D eigenvalue weighted by Crippen LogP contribution is 2.25. The molecule has 4 heteroatoms. The van der Waals surface area contributed by atoms with Gasteiger partial charge in [-0.2, -0.15) is 5.10 Å². The van der Waals surface area contributed by atoms with Crippen LogP contribution < -0.4 is 0 Å². The summed E-state index contributed by atoms with van der Waals surface area (Å²) in [7, 11) is 0. The van der Waals surface area contributed by atoms with Crippen molar-refractivity contribution in [2.24, 2.45) is 0 Å².